The molecule has 0 aliphatic rings. The Kier molecular flexibility index (Phi) is 6.56. The van der Waals surface area contributed by atoms with Gasteiger partial charge in [-0.15, -0.1) is 0 Å². The van der Waals surface area contributed by atoms with Gasteiger partial charge in [-0.25, -0.2) is 0 Å². The van der Waals surface area contributed by atoms with Crippen molar-refractivity contribution in [1.29, 1.82) is 5.26 Å². The molecule has 0 saturated carbocycles. The predicted molar refractivity (Wildman–Crippen MR) is 74.9 cm³/mol. The fourth-order valence-corrected chi connectivity index (χ4v) is 1.61. The Morgan fingerprint density at radius 3 is 2.83 bits per heavy atom. The fourth-order valence-electron chi connectivity index (χ4n) is 1.44. The van der Waals surface area contributed by atoms with Crippen molar-refractivity contribution in [3.63, 3.8) is 0 Å². The Morgan fingerprint density at radius 2 is 2.17 bits per heavy atom. The molecule has 0 saturated heterocycles. The first kappa shape index (κ1) is 14.8. The summed E-state index contributed by atoms with van der Waals surface area (Å²) in [5.41, 5.74) is 1.36. The number of hydrogen-bond donors (Lipinski definition) is 1. The molecule has 0 amide bonds. The monoisotopic (exact) mass is 266 g/mol. The molecule has 1 aromatic carbocycles. The number of benzene rings is 1. The number of nitrogens with one attached hydrogen (secondary N) is 1. The highest BCUT2D eigenvalue weighted by molar-refractivity contribution is 6.30. The van der Waals surface area contributed by atoms with Gasteiger partial charge in [-0.2, -0.15) is 5.26 Å². The van der Waals surface area contributed by atoms with Crippen LogP contribution in [0.1, 0.15) is 25.8 Å². The maximum atomic E-state index is 8.96. The zero-order chi connectivity index (χ0) is 13.4. The van der Waals surface area contributed by atoms with Crippen LogP contribution in [0.25, 0.3) is 0 Å². The summed E-state index contributed by atoms with van der Waals surface area (Å²) in [4.78, 5) is 0. The van der Waals surface area contributed by atoms with E-state index in [-0.39, 0.29) is 0 Å². The lowest BCUT2D eigenvalue weighted by Gasteiger charge is -2.09. The summed E-state index contributed by atoms with van der Waals surface area (Å²) >= 11 is 5.82. The summed E-state index contributed by atoms with van der Waals surface area (Å²) in [6.45, 7) is 6.46. The zero-order valence-electron chi connectivity index (χ0n) is 10.9. The van der Waals surface area contributed by atoms with Gasteiger partial charge in [0.2, 0.25) is 0 Å². The third-order valence-corrected chi connectivity index (χ3v) is 2.74. The summed E-state index contributed by atoms with van der Waals surface area (Å²) in [7, 11) is 0. The predicted octanol–water partition coefficient (Wildman–Crippen LogP) is 3.69. The number of rotatable bonds is 7. The molecule has 0 spiro atoms. The van der Waals surface area contributed by atoms with Gasteiger partial charge >= 0.3 is 0 Å². The van der Waals surface area contributed by atoms with E-state index < -0.39 is 0 Å². The molecule has 1 rings (SSSR count). The van der Waals surface area contributed by atoms with Crippen LogP contribution in [0.15, 0.2) is 18.2 Å². The summed E-state index contributed by atoms with van der Waals surface area (Å²) in [6, 6.07) is 7.35. The van der Waals surface area contributed by atoms with Gasteiger partial charge in [-0.1, -0.05) is 25.4 Å². The van der Waals surface area contributed by atoms with Gasteiger partial charge in [0, 0.05) is 18.2 Å². The van der Waals surface area contributed by atoms with E-state index in [4.69, 9.17) is 21.6 Å². The van der Waals surface area contributed by atoms with E-state index in [1.807, 2.05) is 6.07 Å². The van der Waals surface area contributed by atoms with Crippen LogP contribution in [-0.4, -0.2) is 19.8 Å². The summed E-state index contributed by atoms with van der Waals surface area (Å²) in [6.07, 6.45) is 1.07. The van der Waals surface area contributed by atoms with Crippen molar-refractivity contribution in [2.24, 2.45) is 5.92 Å². The minimum absolute atomic E-state index is 0.560. The average molecular weight is 267 g/mol. The van der Waals surface area contributed by atoms with Gasteiger partial charge in [0.15, 0.2) is 0 Å². The molecule has 0 aliphatic carbocycles. The molecule has 98 valence electrons. The normalized spacial score (nSPS) is 10.4. The van der Waals surface area contributed by atoms with Crippen LogP contribution in [0.3, 0.4) is 0 Å². The highest BCUT2D eigenvalue weighted by atomic mass is 35.5. The van der Waals surface area contributed by atoms with E-state index in [0.29, 0.717) is 29.7 Å². The second-order valence-electron chi connectivity index (χ2n) is 4.52. The zero-order valence-corrected chi connectivity index (χ0v) is 11.6. The lowest BCUT2D eigenvalue weighted by molar-refractivity contribution is 0.132. The number of anilines is 1. The number of nitrogens with zero attached hydrogens (tertiary/aromatic N) is 1. The highest BCUT2D eigenvalue weighted by Crippen LogP contribution is 2.19. The van der Waals surface area contributed by atoms with E-state index in [1.165, 1.54) is 0 Å². The summed E-state index contributed by atoms with van der Waals surface area (Å²) in [5, 5.41) is 12.7. The minimum atomic E-state index is 0.560. The summed E-state index contributed by atoms with van der Waals surface area (Å²) in [5.74, 6) is 0.666. The van der Waals surface area contributed by atoms with Gasteiger partial charge in [0.05, 0.1) is 17.9 Å². The van der Waals surface area contributed by atoms with Gasteiger partial charge in [-0.3, -0.25) is 0 Å². The van der Waals surface area contributed by atoms with E-state index in [2.05, 4.69) is 25.2 Å². The Morgan fingerprint density at radius 1 is 1.39 bits per heavy atom. The van der Waals surface area contributed by atoms with Crippen molar-refractivity contribution in [3.8, 4) is 6.07 Å². The molecule has 0 aliphatic heterocycles. The smallest absolute Gasteiger partial charge is 0.101 e. The quantitative estimate of drug-likeness (QED) is 0.766. The van der Waals surface area contributed by atoms with Crippen LogP contribution >= 0.6 is 11.6 Å². The fraction of sp³-hybridized carbons (Fsp3) is 0.500. The third kappa shape index (κ3) is 5.39. The molecule has 0 radical (unpaired) electrons. The van der Waals surface area contributed by atoms with Crippen molar-refractivity contribution < 1.29 is 4.74 Å². The molecule has 0 fully saturated rings. The molecular formula is C14H19ClN2O. The van der Waals surface area contributed by atoms with Gasteiger partial charge in [0.25, 0.3) is 0 Å². The maximum absolute atomic E-state index is 8.96. The molecule has 18 heavy (non-hydrogen) atoms. The Labute approximate surface area is 114 Å². The van der Waals surface area contributed by atoms with Crippen LogP contribution in [0.2, 0.25) is 5.02 Å². The lowest BCUT2D eigenvalue weighted by Crippen LogP contribution is -2.11. The maximum Gasteiger partial charge on any atom is 0.101 e. The molecule has 1 aromatic rings. The number of halogens is 1. The lowest BCUT2D eigenvalue weighted by atomic mass is 10.1. The van der Waals surface area contributed by atoms with Crippen LogP contribution in [-0.2, 0) is 4.74 Å². The largest absolute Gasteiger partial charge is 0.382 e. The van der Waals surface area contributed by atoms with E-state index in [1.54, 1.807) is 12.1 Å². The summed E-state index contributed by atoms with van der Waals surface area (Å²) < 4.78 is 5.49. The molecular weight excluding hydrogens is 248 g/mol. The molecule has 4 heteroatoms. The topological polar surface area (TPSA) is 45.0 Å². The van der Waals surface area contributed by atoms with Crippen molar-refractivity contribution in [1.82, 2.24) is 0 Å². The van der Waals surface area contributed by atoms with Crippen molar-refractivity contribution in [2.45, 2.75) is 20.3 Å². The van der Waals surface area contributed by atoms with Crippen molar-refractivity contribution in [2.75, 3.05) is 25.1 Å². The van der Waals surface area contributed by atoms with Gasteiger partial charge in [0.1, 0.15) is 6.07 Å². The first-order valence-electron chi connectivity index (χ1n) is 6.14. The Hall–Kier alpha value is -1.24. The first-order chi connectivity index (χ1) is 8.63. The van der Waals surface area contributed by atoms with Crippen LogP contribution in [0.5, 0.6) is 0 Å². The number of hydrogen-bond acceptors (Lipinski definition) is 3. The second kappa shape index (κ2) is 7.97. The molecule has 0 atom stereocenters. The standard InChI is InChI=1S/C14H19ClN2O/c1-11(2)5-7-18-8-6-17-14-4-3-13(15)9-12(14)10-16/h3-4,9,11,17H,5-8H2,1-2H3. The van der Waals surface area contributed by atoms with Crippen LogP contribution in [0, 0.1) is 17.2 Å². The van der Waals surface area contributed by atoms with E-state index >= 15 is 0 Å². The second-order valence-corrected chi connectivity index (χ2v) is 4.96. The Balaban J connectivity index is 2.29. The molecule has 0 heterocycles. The molecule has 0 unspecified atom stereocenters. The first-order valence-corrected chi connectivity index (χ1v) is 6.52. The van der Waals surface area contributed by atoms with Crippen molar-refractivity contribution >= 4 is 17.3 Å². The highest BCUT2D eigenvalue weighted by Gasteiger charge is 2.02. The van der Waals surface area contributed by atoms with E-state index in [9.17, 15) is 0 Å². The van der Waals surface area contributed by atoms with Gasteiger partial charge < -0.3 is 10.1 Å². The molecule has 3 nitrogen and oxygen atoms in total. The molecule has 1 N–H and O–H groups in total. The molecule has 0 aromatic heterocycles. The van der Waals surface area contributed by atoms with Gasteiger partial charge in [-0.05, 0) is 30.5 Å². The molecule has 0 bridgehead atoms. The average Bonchev–Trinajstić information content (AvgIpc) is 2.34. The SMILES string of the molecule is CC(C)CCOCCNc1ccc(Cl)cc1C#N. The van der Waals surface area contributed by atoms with E-state index in [0.717, 1.165) is 18.7 Å². The third-order valence-electron chi connectivity index (χ3n) is 2.50. The minimum Gasteiger partial charge on any atom is -0.382 e. The number of ether oxygens (including phenoxy) is 1. The van der Waals surface area contributed by atoms with Crippen LogP contribution in [0.4, 0.5) is 5.69 Å². The van der Waals surface area contributed by atoms with Crippen LogP contribution < -0.4 is 5.32 Å². The van der Waals surface area contributed by atoms with Crippen molar-refractivity contribution in [3.05, 3.63) is 28.8 Å². The Bertz CT molecular complexity index is 413. The number of nitriles is 1.